The first-order chi connectivity index (χ1) is 8.17. The summed E-state index contributed by atoms with van der Waals surface area (Å²) in [5.74, 6) is 0.900. The zero-order valence-corrected chi connectivity index (χ0v) is 11.2. The number of rotatable bonds is 7. The van der Waals surface area contributed by atoms with Crippen LogP contribution in [0.5, 0.6) is 5.75 Å². The fourth-order valence-corrected chi connectivity index (χ4v) is 1.57. The number of benzene rings is 1. The van der Waals surface area contributed by atoms with Gasteiger partial charge in [-0.3, -0.25) is 0 Å². The Morgan fingerprint density at radius 1 is 1.29 bits per heavy atom. The second-order valence-corrected chi connectivity index (χ2v) is 4.17. The SMILES string of the molecule is CCOCC(C)Oc1cccc(C(C)NC)c1. The summed E-state index contributed by atoms with van der Waals surface area (Å²) in [4.78, 5) is 0. The average Bonchev–Trinajstić information content (AvgIpc) is 2.35. The minimum Gasteiger partial charge on any atom is -0.488 e. The molecule has 0 aliphatic rings. The first-order valence-electron chi connectivity index (χ1n) is 6.19. The minimum atomic E-state index is 0.0788. The standard InChI is InChI=1S/C14H23NO2/c1-5-16-10-11(2)17-14-8-6-7-13(9-14)12(3)15-4/h6-9,11-12,15H,5,10H2,1-4H3. The summed E-state index contributed by atoms with van der Waals surface area (Å²) in [6, 6.07) is 8.51. The molecule has 96 valence electrons. The van der Waals surface area contributed by atoms with Crippen LogP contribution in [-0.2, 0) is 4.74 Å². The maximum absolute atomic E-state index is 5.80. The van der Waals surface area contributed by atoms with Gasteiger partial charge in [0.15, 0.2) is 0 Å². The van der Waals surface area contributed by atoms with E-state index in [1.165, 1.54) is 5.56 Å². The van der Waals surface area contributed by atoms with Crippen molar-refractivity contribution >= 4 is 0 Å². The highest BCUT2D eigenvalue weighted by atomic mass is 16.5. The van der Waals surface area contributed by atoms with E-state index in [-0.39, 0.29) is 6.10 Å². The number of hydrogen-bond acceptors (Lipinski definition) is 3. The predicted molar refractivity (Wildman–Crippen MR) is 70.5 cm³/mol. The summed E-state index contributed by atoms with van der Waals surface area (Å²) in [5, 5.41) is 3.22. The molecule has 17 heavy (non-hydrogen) atoms. The molecule has 2 atom stereocenters. The van der Waals surface area contributed by atoms with Crippen LogP contribution < -0.4 is 10.1 Å². The molecule has 3 heteroatoms. The summed E-state index contributed by atoms with van der Waals surface area (Å²) in [5.41, 5.74) is 1.23. The molecule has 1 N–H and O–H groups in total. The molecule has 0 bridgehead atoms. The molecule has 1 rings (SSSR count). The van der Waals surface area contributed by atoms with Crippen molar-refractivity contribution in [1.82, 2.24) is 5.32 Å². The molecule has 0 saturated carbocycles. The van der Waals surface area contributed by atoms with E-state index in [0.717, 1.165) is 12.4 Å². The van der Waals surface area contributed by atoms with E-state index in [2.05, 4.69) is 24.4 Å². The second kappa shape index (κ2) is 7.30. The molecule has 0 aliphatic carbocycles. The Labute approximate surface area is 104 Å². The molecule has 0 aliphatic heterocycles. The lowest BCUT2D eigenvalue weighted by Crippen LogP contribution is -2.19. The first kappa shape index (κ1) is 14.0. The lowest BCUT2D eigenvalue weighted by Gasteiger charge is -2.16. The molecular formula is C14H23NO2. The van der Waals surface area contributed by atoms with E-state index in [0.29, 0.717) is 12.6 Å². The van der Waals surface area contributed by atoms with Gasteiger partial charge < -0.3 is 14.8 Å². The van der Waals surface area contributed by atoms with Gasteiger partial charge >= 0.3 is 0 Å². The number of hydrogen-bond donors (Lipinski definition) is 1. The summed E-state index contributed by atoms with van der Waals surface area (Å²) in [7, 11) is 1.95. The topological polar surface area (TPSA) is 30.5 Å². The molecule has 3 nitrogen and oxygen atoms in total. The monoisotopic (exact) mass is 237 g/mol. The highest BCUT2D eigenvalue weighted by Crippen LogP contribution is 2.19. The Morgan fingerprint density at radius 3 is 2.71 bits per heavy atom. The Kier molecular flexibility index (Phi) is 6.01. The van der Waals surface area contributed by atoms with Crippen LogP contribution in [0, 0.1) is 0 Å². The van der Waals surface area contributed by atoms with Gasteiger partial charge in [-0.2, -0.15) is 0 Å². The van der Waals surface area contributed by atoms with Crippen molar-refractivity contribution in [2.45, 2.75) is 32.9 Å². The van der Waals surface area contributed by atoms with Gasteiger partial charge in [-0.05, 0) is 45.5 Å². The molecule has 0 radical (unpaired) electrons. The molecule has 1 aromatic rings. The van der Waals surface area contributed by atoms with Crippen molar-refractivity contribution in [3.8, 4) is 5.75 Å². The maximum Gasteiger partial charge on any atom is 0.120 e. The van der Waals surface area contributed by atoms with Crippen LogP contribution >= 0.6 is 0 Å². The third-order valence-electron chi connectivity index (χ3n) is 2.69. The molecule has 0 heterocycles. The number of nitrogens with one attached hydrogen (secondary N) is 1. The molecule has 1 aromatic carbocycles. The van der Waals surface area contributed by atoms with Crippen LogP contribution in [0.2, 0.25) is 0 Å². The van der Waals surface area contributed by atoms with Crippen LogP contribution in [0.4, 0.5) is 0 Å². The zero-order chi connectivity index (χ0) is 12.7. The van der Waals surface area contributed by atoms with Gasteiger partial charge in [0.2, 0.25) is 0 Å². The maximum atomic E-state index is 5.80. The summed E-state index contributed by atoms with van der Waals surface area (Å²) in [6.45, 7) is 7.49. The molecule has 0 fully saturated rings. The van der Waals surface area contributed by atoms with Crippen molar-refractivity contribution in [3.05, 3.63) is 29.8 Å². The third-order valence-corrected chi connectivity index (χ3v) is 2.69. The number of ether oxygens (including phenoxy) is 2. The van der Waals surface area contributed by atoms with Gasteiger partial charge in [-0.15, -0.1) is 0 Å². The van der Waals surface area contributed by atoms with E-state index in [1.807, 2.05) is 33.0 Å². The van der Waals surface area contributed by atoms with Gasteiger partial charge in [0.05, 0.1) is 6.61 Å². The van der Waals surface area contributed by atoms with Crippen LogP contribution in [0.15, 0.2) is 24.3 Å². The molecular weight excluding hydrogens is 214 g/mol. The van der Waals surface area contributed by atoms with Crippen molar-refractivity contribution in [2.75, 3.05) is 20.3 Å². The fourth-order valence-electron chi connectivity index (χ4n) is 1.57. The van der Waals surface area contributed by atoms with Crippen LogP contribution in [0.25, 0.3) is 0 Å². The molecule has 0 aromatic heterocycles. The van der Waals surface area contributed by atoms with E-state index in [4.69, 9.17) is 9.47 Å². The summed E-state index contributed by atoms with van der Waals surface area (Å²) >= 11 is 0. The van der Waals surface area contributed by atoms with Gasteiger partial charge in [0, 0.05) is 12.6 Å². The summed E-state index contributed by atoms with van der Waals surface area (Å²) in [6.07, 6.45) is 0.0788. The zero-order valence-electron chi connectivity index (χ0n) is 11.2. The van der Waals surface area contributed by atoms with E-state index in [9.17, 15) is 0 Å². The van der Waals surface area contributed by atoms with Crippen LogP contribution in [0.3, 0.4) is 0 Å². The molecule has 0 spiro atoms. The fraction of sp³-hybridized carbons (Fsp3) is 0.571. The summed E-state index contributed by atoms with van der Waals surface area (Å²) < 4.78 is 11.1. The average molecular weight is 237 g/mol. The van der Waals surface area contributed by atoms with Gasteiger partial charge in [0.1, 0.15) is 11.9 Å². The molecule has 2 unspecified atom stereocenters. The quantitative estimate of drug-likeness (QED) is 0.791. The van der Waals surface area contributed by atoms with Crippen molar-refractivity contribution in [3.63, 3.8) is 0 Å². The second-order valence-electron chi connectivity index (χ2n) is 4.17. The smallest absolute Gasteiger partial charge is 0.120 e. The Morgan fingerprint density at radius 2 is 2.06 bits per heavy atom. The van der Waals surface area contributed by atoms with Crippen LogP contribution in [-0.4, -0.2) is 26.4 Å². The normalized spacial score (nSPS) is 14.4. The van der Waals surface area contributed by atoms with E-state index < -0.39 is 0 Å². The third kappa shape index (κ3) is 4.75. The minimum absolute atomic E-state index is 0.0788. The van der Waals surface area contributed by atoms with Gasteiger partial charge in [0.25, 0.3) is 0 Å². The van der Waals surface area contributed by atoms with Gasteiger partial charge in [-0.25, -0.2) is 0 Å². The van der Waals surface area contributed by atoms with Crippen molar-refractivity contribution < 1.29 is 9.47 Å². The predicted octanol–water partition coefficient (Wildman–Crippen LogP) is 2.77. The van der Waals surface area contributed by atoms with E-state index in [1.54, 1.807) is 0 Å². The highest BCUT2D eigenvalue weighted by Gasteiger charge is 2.07. The van der Waals surface area contributed by atoms with Crippen molar-refractivity contribution in [2.24, 2.45) is 0 Å². The lowest BCUT2D eigenvalue weighted by molar-refractivity contribution is 0.0656. The first-order valence-corrected chi connectivity index (χ1v) is 6.19. The van der Waals surface area contributed by atoms with Gasteiger partial charge in [-0.1, -0.05) is 12.1 Å². The molecule has 0 amide bonds. The largest absolute Gasteiger partial charge is 0.488 e. The highest BCUT2D eigenvalue weighted by molar-refractivity contribution is 5.30. The lowest BCUT2D eigenvalue weighted by atomic mass is 10.1. The van der Waals surface area contributed by atoms with Crippen molar-refractivity contribution in [1.29, 1.82) is 0 Å². The van der Waals surface area contributed by atoms with Crippen LogP contribution in [0.1, 0.15) is 32.4 Å². The Hall–Kier alpha value is -1.06. The Bertz CT molecular complexity index is 328. The Balaban J connectivity index is 2.59. The molecule has 0 saturated heterocycles. The van der Waals surface area contributed by atoms with E-state index >= 15 is 0 Å².